The highest BCUT2D eigenvalue weighted by Crippen LogP contribution is 2.48. The van der Waals surface area contributed by atoms with Gasteiger partial charge in [0.25, 0.3) is 0 Å². The van der Waals surface area contributed by atoms with Crippen LogP contribution >= 0.6 is 11.6 Å². The van der Waals surface area contributed by atoms with Crippen LogP contribution in [0.25, 0.3) is 5.70 Å². The van der Waals surface area contributed by atoms with Gasteiger partial charge in [0.15, 0.2) is 5.78 Å². The van der Waals surface area contributed by atoms with Gasteiger partial charge in [0.1, 0.15) is 5.92 Å². The SMILES string of the molecule is CCOC(=O)C1C(C)=NC2=C(C(=O)c3ccccc32)[C@@H]1c1ccc(C)c(Cl)c1. The number of carbonyl (C=O) groups excluding carboxylic acids is 2. The maximum absolute atomic E-state index is 13.3. The first-order chi connectivity index (χ1) is 13.4. The largest absolute Gasteiger partial charge is 0.465 e. The molecule has 28 heavy (non-hydrogen) atoms. The van der Waals surface area contributed by atoms with Gasteiger partial charge >= 0.3 is 5.97 Å². The third-order valence-corrected chi connectivity index (χ3v) is 5.81. The Morgan fingerprint density at radius 1 is 1.14 bits per heavy atom. The molecule has 0 aromatic heterocycles. The topological polar surface area (TPSA) is 55.7 Å². The third kappa shape index (κ3) is 2.80. The second-order valence-electron chi connectivity index (χ2n) is 7.11. The summed E-state index contributed by atoms with van der Waals surface area (Å²) in [7, 11) is 0. The van der Waals surface area contributed by atoms with E-state index < -0.39 is 11.8 Å². The number of hydrogen-bond donors (Lipinski definition) is 0. The standard InChI is InChI=1S/C23H20ClNO3/c1-4-28-23(27)18-13(3)25-21-15-7-5-6-8-16(15)22(26)20(21)19(18)14-10-9-12(2)17(24)11-14/h5-11,18-19H,4H2,1-3H3/t18?,19-/m1/s1. The van der Waals surface area contributed by atoms with E-state index in [0.29, 0.717) is 27.6 Å². The van der Waals surface area contributed by atoms with Crippen molar-refractivity contribution in [2.24, 2.45) is 10.9 Å². The zero-order valence-electron chi connectivity index (χ0n) is 16.0. The lowest BCUT2D eigenvalue weighted by atomic mass is 9.75. The normalized spacial score (nSPS) is 20.6. The molecule has 1 heterocycles. The molecule has 2 atom stereocenters. The van der Waals surface area contributed by atoms with E-state index in [9.17, 15) is 9.59 Å². The Hall–Kier alpha value is -2.72. The molecule has 0 saturated carbocycles. The number of benzene rings is 2. The molecular formula is C23H20ClNO3. The van der Waals surface area contributed by atoms with Gasteiger partial charge in [-0.2, -0.15) is 0 Å². The summed E-state index contributed by atoms with van der Waals surface area (Å²) in [6, 6.07) is 13.1. The number of allylic oxidation sites excluding steroid dienone is 1. The maximum Gasteiger partial charge on any atom is 0.315 e. The summed E-state index contributed by atoms with van der Waals surface area (Å²) < 4.78 is 5.33. The van der Waals surface area contributed by atoms with E-state index in [2.05, 4.69) is 4.99 Å². The molecule has 4 nitrogen and oxygen atoms in total. The van der Waals surface area contributed by atoms with Gasteiger partial charge in [-0.3, -0.25) is 14.6 Å². The van der Waals surface area contributed by atoms with Gasteiger partial charge in [0.05, 0.1) is 12.3 Å². The number of fused-ring (bicyclic) bond motifs is 2. The number of aliphatic imine (C=N–C) groups is 1. The van der Waals surface area contributed by atoms with E-state index in [4.69, 9.17) is 16.3 Å². The van der Waals surface area contributed by atoms with Crippen molar-refractivity contribution in [1.82, 2.24) is 0 Å². The molecule has 2 aliphatic rings. The lowest BCUT2D eigenvalue weighted by Crippen LogP contribution is -2.35. The van der Waals surface area contributed by atoms with Crippen LogP contribution in [0.1, 0.15) is 46.8 Å². The summed E-state index contributed by atoms with van der Waals surface area (Å²) in [6.07, 6.45) is 0. The molecule has 0 spiro atoms. The van der Waals surface area contributed by atoms with Crippen LogP contribution in [0, 0.1) is 12.8 Å². The molecule has 0 bridgehead atoms. The van der Waals surface area contributed by atoms with Crippen LogP contribution in [0.2, 0.25) is 5.02 Å². The molecule has 1 unspecified atom stereocenters. The minimum absolute atomic E-state index is 0.0853. The van der Waals surface area contributed by atoms with Crippen molar-refractivity contribution in [2.75, 3.05) is 6.61 Å². The Balaban J connectivity index is 1.94. The van der Waals surface area contributed by atoms with Crippen LogP contribution in [0.3, 0.4) is 0 Å². The van der Waals surface area contributed by atoms with Gasteiger partial charge in [-0.15, -0.1) is 0 Å². The Morgan fingerprint density at radius 3 is 2.54 bits per heavy atom. The molecule has 2 aromatic carbocycles. The first-order valence-corrected chi connectivity index (χ1v) is 9.68. The van der Waals surface area contributed by atoms with E-state index in [1.165, 1.54) is 0 Å². The molecule has 0 saturated heterocycles. The highest BCUT2D eigenvalue weighted by Gasteiger charge is 2.46. The highest BCUT2D eigenvalue weighted by molar-refractivity contribution is 6.31. The van der Waals surface area contributed by atoms with Crippen molar-refractivity contribution in [3.05, 3.63) is 75.3 Å². The average Bonchev–Trinajstić information content (AvgIpc) is 2.95. The molecule has 0 fully saturated rings. The third-order valence-electron chi connectivity index (χ3n) is 5.40. The number of esters is 1. The predicted octanol–water partition coefficient (Wildman–Crippen LogP) is 4.99. The molecule has 0 N–H and O–H groups in total. The van der Waals surface area contributed by atoms with Gasteiger partial charge in [-0.25, -0.2) is 0 Å². The highest BCUT2D eigenvalue weighted by atomic mass is 35.5. The second-order valence-corrected chi connectivity index (χ2v) is 7.51. The number of nitrogens with zero attached hydrogens (tertiary/aromatic N) is 1. The Kier molecular flexibility index (Phi) is 4.68. The zero-order chi connectivity index (χ0) is 20.0. The van der Waals surface area contributed by atoms with Crippen LogP contribution in [-0.4, -0.2) is 24.1 Å². The lowest BCUT2D eigenvalue weighted by molar-refractivity contribution is -0.145. The van der Waals surface area contributed by atoms with Crippen LogP contribution in [-0.2, 0) is 9.53 Å². The summed E-state index contributed by atoms with van der Waals surface area (Å²) in [5, 5.41) is 0.602. The minimum atomic E-state index is -0.657. The first kappa shape index (κ1) is 18.6. The molecule has 1 aliphatic heterocycles. The Labute approximate surface area is 168 Å². The minimum Gasteiger partial charge on any atom is -0.465 e. The van der Waals surface area contributed by atoms with Crippen LogP contribution in [0.4, 0.5) is 0 Å². The summed E-state index contributed by atoms with van der Waals surface area (Å²) in [5.41, 5.74) is 5.03. The lowest BCUT2D eigenvalue weighted by Gasteiger charge is -2.30. The summed E-state index contributed by atoms with van der Waals surface area (Å²) in [6.45, 7) is 5.78. The number of rotatable bonds is 3. The van der Waals surface area contributed by atoms with Crippen molar-refractivity contribution in [2.45, 2.75) is 26.7 Å². The fourth-order valence-corrected chi connectivity index (χ4v) is 4.24. The van der Waals surface area contributed by atoms with Crippen molar-refractivity contribution in [3.63, 3.8) is 0 Å². The van der Waals surface area contributed by atoms with E-state index in [1.54, 1.807) is 13.0 Å². The maximum atomic E-state index is 13.3. The predicted molar refractivity (Wildman–Crippen MR) is 110 cm³/mol. The first-order valence-electron chi connectivity index (χ1n) is 9.30. The van der Waals surface area contributed by atoms with Crippen LogP contribution < -0.4 is 0 Å². The van der Waals surface area contributed by atoms with Crippen molar-refractivity contribution >= 4 is 34.8 Å². The van der Waals surface area contributed by atoms with Gasteiger partial charge in [0, 0.05) is 33.4 Å². The van der Waals surface area contributed by atoms with Crippen molar-refractivity contribution in [3.8, 4) is 0 Å². The molecular weight excluding hydrogens is 374 g/mol. The number of ether oxygens (including phenoxy) is 1. The summed E-state index contributed by atoms with van der Waals surface area (Å²) in [5.74, 6) is -1.60. The van der Waals surface area contributed by atoms with Gasteiger partial charge < -0.3 is 4.74 Å². The van der Waals surface area contributed by atoms with Gasteiger partial charge in [0.2, 0.25) is 0 Å². The number of Topliss-reactive ketones (excluding diaryl/α,β-unsaturated/α-hetero) is 1. The molecule has 4 rings (SSSR count). The second kappa shape index (κ2) is 7.02. The summed E-state index contributed by atoms with van der Waals surface area (Å²) in [4.78, 5) is 30.8. The summed E-state index contributed by atoms with van der Waals surface area (Å²) >= 11 is 6.38. The number of aryl methyl sites for hydroxylation is 1. The number of hydrogen-bond acceptors (Lipinski definition) is 4. The van der Waals surface area contributed by atoms with Crippen LogP contribution in [0.5, 0.6) is 0 Å². The Morgan fingerprint density at radius 2 is 1.86 bits per heavy atom. The molecule has 0 amide bonds. The quantitative estimate of drug-likeness (QED) is 0.690. The molecule has 1 aliphatic carbocycles. The fourth-order valence-electron chi connectivity index (χ4n) is 4.05. The van der Waals surface area contributed by atoms with E-state index in [0.717, 1.165) is 16.7 Å². The van der Waals surface area contributed by atoms with Gasteiger partial charge in [-0.1, -0.05) is 48.0 Å². The molecule has 2 aromatic rings. The number of ketones is 1. The van der Waals surface area contributed by atoms with Gasteiger partial charge in [-0.05, 0) is 38.0 Å². The smallest absolute Gasteiger partial charge is 0.315 e. The van der Waals surface area contributed by atoms with Crippen LogP contribution in [0.15, 0.2) is 53.0 Å². The number of halogens is 1. The zero-order valence-corrected chi connectivity index (χ0v) is 16.7. The Bertz CT molecular complexity index is 1070. The fraction of sp³-hybridized carbons (Fsp3) is 0.261. The monoisotopic (exact) mass is 393 g/mol. The van der Waals surface area contributed by atoms with E-state index >= 15 is 0 Å². The molecule has 0 radical (unpaired) electrons. The average molecular weight is 394 g/mol. The van der Waals surface area contributed by atoms with E-state index in [-0.39, 0.29) is 18.4 Å². The van der Waals surface area contributed by atoms with E-state index in [1.807, 2.05) is 50.2 Å². The van der Waals surface area contributed by atoms with Crippen molar-refractivity contribution in [1.29, 1.82) is 0 Å². The van der Waals surface area contributed by atoms with Crippen molar-refractivity contribution < 1.29 is 14.3 Å². The molecule has 5 heteroatoms. The molecule has 142 valence electrons. The number of carbonyl (C=O) groups is 2.